The molecule has 1 atom stereocenters. The molecule has 4 rings (SSSR count). The quantitative estimate of drug-likeness (QED) is 0.537. The van der Waals surface area contributed by atoms with Gasteiger partial charge in [-0.2, -0.15) is 0 Å². The number of para-hydroxylation sites is 2. The summed E-state index contributed by atoms with van der Waals surface area (Å²) in [4.78, 5) is 20.0. The number of benzene rings is 2. The van der Waals surface area contributed by atoms with Crippen molar-refractivity contribution in [1.82, 2.24) is 9.97 Å². The van der Waals surface area contributed by atoms with E-state index < -0.39 is 6.04 Å². The highest BCUT2D eigenvalue weighted by atomic mass is 16.2. The van der Waals surface area contributed by atoms with Gasteiger partial charge >= 0.3 is 0 Å². The molecule has 0 radical (unpaired) electrons. The number of fused-ring (bicyclic) bond motifs is 2. The summed E-state index contributed by atoms with van der Waals surface area (Å²) in [7, 11) is 0. The van der Waals surface area contributed by atoms with Crippen molar-refractivity contribution in [3.05, 3.63) is 72.6 Å². The molecule has 2 heterocycles. The van der Waals surface area contributed by atoms with E-state index in [9.17, 15) is 4.79 Å². The number of nitrogens with two attached hydrogens (primary N) is 1. The Labute approximate surface area is 144 Å². The van der Waals surface area contributed by atoms with Crippen LogP contribution in [0.4, 0.5) is 5.69 Å². The summed E-state index contributed by atoms with van der Waals surface area (Å²) >= 11 is 0. The normalized spacial score (nSPS) is 12.4. The molecule has 5 heteroatoms. The molecule has 1 amide bonds. The molecule has 0 aliphatic rings. The van der Waals surface area contributed by atoms with E-state index in [0.717, 1.165) is 27.4 Å². The Kier molecular flexibility index (Phi) is 3.91. The first-order chi connectivity index (χ1) is 12.2. The molecule has 2 aromatic heterocycles. The number of aromatic nitrogens is 2. The van der Waals surface area contributed by atoms with Crippen LogP contribution in [0.15, 0.2) is 67.0 Å². The summed E-state index contributed by atoms with van der Waals surface area (Å²) in [6, 6.07) is 17.0. The van der Waals surface area contributed by atoms with Gasteiger partial charge in [0, 0.05) is 22.5 Å². The van der Waals surface area contributed by atoms with Gasteiger partial charge < -0.3 is 16.0 Å². The standard InChI is InChI=1S/C20H18N4O/c21-17(10-14-11-22-19-8-4-2-6-16(14)19)20(25)24-15-9-13-5-1-3-7-18(13)23-12-15/h1-9,11-12,17,22H,10,21H2,(H,24,25)/t17-/m0/s1. The topological polar surface area (TPSA) is 83.8 Å². The number of aromatic amines is 1. The van der Waals surface area contributed by atoms with Crippen LogP contribution in [0.5, 0.6) is 0 Å². The molecule has 0 aliphatic carbocycles. The van der Waals surface area contributed by atoms with Crippen LogP contribution in [0.25, 0.3) is 21.8 Å². The molecule has 124 valence electrons. The van der Waals surface area contributed by atoms with Gasteiger partial charge in [-0.3, -0.25) is 9.78 Å². The van der Waals surface area contributed by atoms with Crippen LogP contribution in [-0.4, -0.2) is 21.9 Å². The Morgan fingerprint density at radius 1 is 1.16 bits per heavy atom. The lowest BCUT2D eigenvalue weighted by molar-refractivity contribution is -0.117. The minimum atomic E-state index is -0.634. The van der Waals surface area contributed by atoms with E-state index in [-0.39, 0.29) is 5.91 Å². The first-order valence-corrected chi connectivity index (χ1v) is 8.17. The van der Waals surface area contributed by atoms with Gasteiger partial charge in [0.15, 0.2) is 0 Å². The molecule has 0 saturated carbocycles. The number of hydrogen-bond donors (Lipinski definition) is 3. The van der Waals surface area contributed by atoms with E-state index in [1.54, 1.807) is 6.20 Å². The number of carbonyl (C=O) groups excluding carboxylic acids is 1. The highest BCUT2D eigenvalue weighted by molar-refractivity contribution is 5.97. The van der Waals surface area contributed by atoms with E-state index >= 15 is 0 Å². The maximum atomic E-state index is 12.4. The molecule has 0 saturated heterocycles. The third kappa shape index (κ3) is 3.09. The third-order valence-corrected chi connectivity index (χ3v) is 4.31. The first-order valence-electron chi connectivity index (χ1n) is 8.17. The fourth-order valence-corrected chi connectivity index (χ4v) is 3.00. The molecule has 4 aromatic rings. The summed E-state index contributed by atoms with van der Waals surface area (Å²) in [6.07, 6.45) is 4.03. The maximum Gasteiger partial charge on any atom is 0.241 e. The van der Waals surface area contributed by atoms with E-state index in [1.807, 2.05) is 60.8 Å². The summed E-state index contributed by atoms with van der Waals surface area (Å²) in [5.41, 5.74) is 9.74. The summed E-state index contributed by atoms with van der Waals surface area (Å²) in [5.74, 6) is -0.220. The zero-order valence-electron chi connectivity index (χ0n) is 13.6. The van der Waals surface area contributed by atoms with Crippen LogP contribution in [0.3, 0.4) is 0 Å². The maximum absolute atomic E-state index is 12.4. The van der Waals surface area contributed by atoms with Gasteiger partial charge in [-0.1, -0.05) is 36.4 Å². The van der Waals surface area contributed by atoms with Gasteiger partial charge in [0.05, 0.1) is 23.4 Å². The Bertz CT molecular complexity index is 1050. The lowest BCUT2D eigenvalue weighted by Gasteiger charge is -2.12. The zero-order chi connectivity index (χ0) is 17.2. The second-order valence-corrected chi connectivity index (χ2v) is 6.08. The minimum absolute atomic E-state index is 0.220. The fraction of sp³-hybridized carbons (Fsp3) is 0.100. The number of nitrogens with one attached hydrogen (secondary N) is 2. The number of anilines is 1. The van der Waals surface area contributed by atoms with Crippen LogP contribution >= 0.6 is 0 Å². The molecule has 0 unspecified atom stereocenters. The monoisotopic (exact) mass is 330 g/mol. The summed E-state index contributed by atoms with van der Waals surface area (Å²) < 4.78 is 0. The number of H-pyrrole nitrogens is 1. The molecule has 25 heavy (non-hydrogen) atoms. The van der Waals surface area contributed by atoms with Crippen molar-refractivity contribution in [2.75, 3.05) is 5.32 Å². The van der Waals surface area contributed by atoms with Crippen molar-refractivity contribution < 1.29 is 4.79 Å². The SMILES string of the molecule is N[C@@H](Cc1c[nH]c2ccccc12)C(=O)Nc1cnc2ccccc2c1. The minimum Gasteiger partial charge on any atom is -0.361 e. The highest BCUT2D eigenvalue weighted by Crippen LogP contribution is 2.20. The van der Waals surface area contributed by atoms with Gasteiger partial charge in [0.25, 0.3) is 0 Å². The van der Waals surface area contributed by atoms with Crippen LogP contribution in [0.1, 0.15) is 5.56 Å². The first kappa shape index (κ1) is 15.4. The third-order valence-electron chi connectivity index (χ3n) is 4.31. The van der Waals surface area contributed by atoms with Crippen LogP contribution in [-0.2, 0) is 11.2 Å². The van der Waals surface area contributed by atoms with E-state index in [4.69, 9.17) is 5.73 Å². The highest BCUT2D eigenvalue weighted by Gasteiger charge is 2.16. The van der Waals surface area contributed by atoms with Crippen molar-refractivity contribution in [3.8, 4) is 0 Å². The molecule has 0 fully saturated rings. The zero-order valence-corrected chi connectivity index (χ0v) is 13.6. The van der Waals surface area contributed by atoms with Crippen molar-refractivity contribution >= 4 is 33.4 Å². The molecule has 0 spiro atoms. The molecule has 4 N–H and O–H groups in total. The second kappa shape index (κ2) is 6.37. The fourth-order valence-electron chi connectivity index (χ4n) is 3.00. The van der Waals surface area contributed by atoms with Gasteiger partial charge in [-0.25, -0.2) is 0 Å². The lowest BCUT2D eigenvalue weighted by Crippen LogP contribution is -2.37. The molecule has 0 bridgehead atoms. The molecular formula is C20H18N4O. The number of amides is 1. The molecule has 0 aliphatic heterocycles. The van der Waals surface area contributed by atoms with E-state index in [1.165, 1.54) is 0 Å². The van der Waals surface area contributed by atoms with Gasteiger partial charge in [-0.15, -0.1) is 0 Å². The number of rotatable bonds is 4. The number of carbonyl (C=O) groups is 1. The van der Waals surface area contributed by atoms with Gasteiger partial charge in [-0.05, 0) is 30.2 Å². The van der Waals surface area contributed by atoms with Crippen LogP contribution in [0, 0.1) is 0 Å². The lowest BCUT2D eigenvalue weighted by atomic mass is 10.0. The van der Waals surface area contributed by atoms with Crippen molar-refractivity contribution in [1.29, 1.82) is 0 Å². The Balaban J connectivity index is 1.49. The summed E-state index contributed by atoms with van der Waals surface area (Å²) in [5, 5.41) is 4.93. The van der Waals surface area contributed by atoms with Gasteiger partial charge in [0.1, 0.15) is 0 Å². The molecule has 5 nitrogen and oxygen atoms in total. The Hall–Kier alpha value is -3.18. The Morgan fingerprint density at radius 2 is 1.96 bits per heavy atom. The smallest absolute Gasteiger partial charge is 0.241 e. The van der Waals surface area contributed by atoms with Crippen LogP contribution < -0.4 is 11.1 Å². The Morgan fingerprint density at radius 3 is 2.88 bits per heavy atom. The number of pyridine rings is 1. The number of nitrogens with zero attached hydrogens (tertiary/aromatic N) is 1. The van der Waals surface area contributed by atoms with Crippen molar-refractivity contribution in [2.45, 2.75) is 12.5 Å². The predicted octanol–water partition coefficient (Wildman–Crippen LogP) is 3.22. The molecule has 2 aromatic carbocycles. The number of hydrogen-bond acceptors (Lipinski definition) is 3. The van der Waals surface area contributed by atoms with Crippen molar-refractivity contribution in [2.24, 2.45) is 5.73 Å². The van der Waals surface area contributed by atoms with Crippen LogP contribution in [0.2, 0.25) is 0 Å². The van der Waals surface area contributed by atoms with E-state index in [0.29, 0.717) is 12.1 Å². The van der Waals surface area contributed by atoms with Crippen molar-refractivity contribution in [3.63, 3.8) is 0 Å². The molecular weight excluding hydrogens is 312 g/mol. The average molecular weight is 330 g/mol. The predicted molar refractivity (Wildman–Crippen MR) is 100 cm³/mol. The largest absolute Gasteiger partial charge is 0.361 e. The summed E-state index contributed by atoms with van der Waals surface area (Å²) in [6.45, 7) is 0. The average Bonchev–Trinajstić information content (AvgIpc) is 3.04. The van der Waals surface area contributed by atoms with E-state index in [2.05, 4.69) is 15.3 Å². The van der Waals surface area contributed by atoms with Gasteiger partial charge in [0.2, 0.25) is 5.91 Å². The second-order valence-electron chi connectivity index (χ2n) is 6.08.